The Labute approximate surface area is 164 Å². The standard InChI is InChI=1S/C20H25N7O/c1-14-9-15(2)26(25-14)12-20(28)24-17-3-5-18(6-4-17)27-11-16(10-23-27)19-7-8-21-13-22-19/h7-11,13,17-18H,3-6,12H2,1-2H3,(H,24,28). The average molecular weight is 379 g/mol. The zero-order valence-electron chi connectivity index (χ0n) is 16.2. The lowest BCUT2D eigenvalue weighted by Gasteiger charge is -2.29. The van der Waals surface area contributed by atoms with Crippen LogP contribution in [0.2, 0.25) is 0 Å². The molecule has 1 saturated carbocycles. The summed E-state index contributed by atoms with van der Waals surface area (Å²) >= 11 is 0. The highest BCUT2D eigenvalue weighted by Crippen LogP contribution is 2.29. The molecule has 0 atom stereocenters. The predicted octanol–water partition coefficient (Wildman–Crippen LogP) is 2.45. The molecule has 28 heavy (non-hydrogen) atoms. The minimum atomic E-state index is 0.0276. The fourth-order valence-electron chi connectivity index (χ4n) is 3.86. The van der Waals surface area contributed by atoms with Gasteiger partial charge in [0, 0.05) is 29.7 Å². The Morgan fingerprint density at radius 3 is 2.75 bits per heavy atom. The van der Waals surface area contributed by atoms with Crippen LogP contribution >= 0.6 is 0 Å². The van der Waals surface area contributed by atoms with Gasteiger partial charge >= 0.3 is 0 Å². The molecule has 1 fully saturated rings. The van der Waals surface area contributed by atoms with Gasteiger partial charge in [-0.2, -0.15) is 10.2 Å². The first kappa shape index (κ1) is 18.3. The Morgan fingerprint density at radius 2 is 2.07 bits per heavy atom. The summed E-state index contributed by atoms with van der Waals surface area (Å²) in [5, 5.41) is 12.0. The topological polar surface area (TPSA) is 90.5 Å². The number of nitrogens with one attached hydrogen (secondary N) is 1. The number of hydrogen-bond donors (Lipinski definition) is 1. The Bertz CT molecular complexity index is 939. The molecule has 3 heterocycles. The van der Waals surface area contributed by atoms with Crippen molar-refractivity contribution in [2.45, 2.75) is 58.2 Å². The van der Waals surface area contributed by atoms with Crippen molar-refractivity contribution >= 4 is 5.91 Å². The second kappa shape index (κ2) is 7.92. The molecule has 3 aromatic heterocycles. The van der Waals surface area contributed by atoms with E-state index in [0.29, 0.717) is 6.04 Å². The summed E-state index contributed by atoms with van der Waals surface area (Å²) in [7, 11) is 0. The zero-order chi connectivity index (χ0) is 19.5. The number of nitrogens with zero attached hydrogens (tertiary/aromatic N) is 6. The van der Waals surface area contributed by atoms with Crippen molar-refractivity contribution in [2.24, 2.45) is 0 Å². The quantitative estimate of drug-likeness (QED) is 0.735. The molecule has 8 heteroatoms. The Balaban J connectivity index is 1.29. The molecule has 146 valence electrons. The lowest BCUT2D eigenvalue weighted by atomic mass is 9.91. The number of carbonyl (C=O) groups excluding carboxylic acids is 1. The maximum atomic E-state index is 12.4. The third-order valence-electron chi connectivity index (χ3n) is 5.31. The fourth-order valence-corrected chi connectivity index (χ4v) is 3.86. The van der Waals surface area contributed by atoms with Crippen molar-refractivity contribution in [2.75, 3.05) is 0 Å². The minimum absolute atomic E-state index is 0.0276. The van der Waals surface area contributed by atoms with Crippen LogP contribution in [0.4, 0.5) is 0 Å². The van der Waals surface area contributed by atoms with E-state index in [0.717, 1.165) is 48.3 Å². The summed E-state index contributed by atoms with van der Waals surface area (Å²) in [6, 6.07) is 4.45. The first-order chi connectivity index (χ1) is 13.6. The monoisotopic (exact) mass is 379 g/mol. The number of hydrogen-bond acceptors (Lipinski definition) is 5. The van der Waals surface area contributed by atoms with Crippen molar-refractivity contribution in [3.05, 3.63) is 48.4 Å². The minimum Gasteiger partial charge on any atom is -0.352 e. The Hall–Kier alpha value is -3.03. The number of aromatic nitrogens is 6. The van der Waals surface area contributed by atoms with E-state index < -0.39 is 0 Å². The number of aryl methyl sites for hydroxylation is 2. The molecule has 0 aromatic carbocycles. The molecule has 0 bridgehead atoms. The van der Waals surface area contributed by atoms with Gasteiger partial charge in [-0.3, -0.25) is 14.2 Å². The van der Waals surface area contributed by atoms with Crippen LogP contribution in [-0.4, -0.2) is 41.5 Å². The molecular formula is C20H25N7O. The van der Waals surface area contributed by atoms with E-state index in [1.165, 1.54) is 0 Å². The molecule has 3 aromatic rings. The van der Waals surface area contributed by atoms with E-state index in [9.17, 15) is 4.79 Å². The third kappa shape index (κ3) is 4.11. The average Bonchev–Trinajstić information content (AvgIpc) is 3.30. The van der Waals surface area contributed by atoms with Crippen LogP contribution in [0, 0.1) is 13.8 Å². The fraction of sp³-hybridized carbons (Fsp3) is 0.450. The third-order valence-corrected chi connectivity index (χ3v) is 5.31. The van der Waals surface area contributed by atoms with Gasteiger partial charge in [-0.05, 0) is 51.7 Å². The highest BCUT2D eigenvalue weighted by atomic mass is 16.2. The number of carbonyl (C=O) groups is 1. The van der Waals surface area contributed by atoms with Crippen molar-refractivity contribution in [1.29, 1.82) is 0 Å². The van der Waals surface area contributed by atoms with Gasteiger partial charge in [-0.1, -0.05) is 0 Å². The molecule has 0 saturated heterocycles. The van der Waals surface area contributed by atoms with Crippen molar-refractivity contribution in [1.82, 2.24) is 34.8 Å². The molecule has 0 radical (unpaired) electrons. The van der Waals surface area contributed by atoms with Crippen LogP contribution in [0.15, 0.2) is 37.1 Å². The Morgan fingerprint density at radius 1 is 1.25 bits per heavy atom. The summed E-state index contributed by atoms with van der Waals surface area (Å²) in [6.45, 7) is 4.19. The maximum absolute atomic E-state index is 12.4. The summed E-state index contributed by atoms with van der Waals surface area (Å²) in [5.41, 5.74) is 3.83. The largest absolute Gasteiger partial charge is 0.352 e. The molecule has 1 amide bonds. The SMILES string of the molecule is Cc1cc(C)n(CC(=O)NC2CCC(n3cc(-c4ccncn4)cn3)CC2)n1. The molecule has 0 aliphatic heterocycles. The van der Waals surface area contributed by atoms with E-state index in [1.54, 1.807) is 17.2 Å². The van der Waals surface area contributed by atoms with Gasteiger partial charge in [0.05, 0.1) is 23.6 Å². The highest BCUT2D eigenvalue weighted by Gasteiger charge is 2.24. The first-order valence-corrected chi connectivity index (χ1v) is 9.69. The van der Waals surface area contributed by atoms with Crippen LogP contribution in [0.5, 0.6) is 0 Å². The van der Waals surface area contributed by atoms with Gasteiger partial charge in [-0.15, -0.1) is 0 Å². The summed E-state index contributed by atoms with van der Waals surface area (Å²) in [4.78, 5) is 20.6. The summed E-state index contributed by atoms with van der Waals surface area (Å²) in [5.74, 6) is 0.0276. The molecule has 1 N–H and O–H groups in total. The smallest absolute Gasteiger partial charge is 0.241 e. The van der Waals surface area contributed by atoms with Crippen LogP contribution in [-0.2, 0) is 11.3 Å². The molecule has 4 rings (SSSR count). The van der Waals surface area contributed by atoms with Gasteiger partial charge in [0.25, 0.3) is 0 Å². The maximum Gasteiger partial charge on any atom is 0.241 e. The lowest BCUT2D eigenvalue weighted by Crippen LogP contribution is -2.40. The van der Waals surface area contributed by atoms with E-state index in [1.807, 2.05) is 36.9 Å². The molecular weight excluding hydrogens is 354 g/mol. The second-order valence-electron chi connectivity index (χ2n) is 7.46. The van der Waals surface area contributed by atoms with Crippen molar-refractivity contribution in [3.63, 3.8) is 0 Å². The van der Waals surface area contributed by atoms with Crippen LogP contribution in [0.25, 0.3) is 11.3 Å². The van der Waals surface area contributed by atoms with Crippen LogP contribution < -0.4 is 5.32 Å². The van der Waals surface area contributed by atoms with Gasteiger partial charge in [-0.25, -0.2) is 9.97 Å². The summed E-state index contributed by atoms with van der Waals surface area (Å²) < 4.78 is 3.79. The highest BCUT2D eigenvalue weighted by molar-refractivity contribution is 5.76. The van der Waals surface area contributed by atoms with E-state index in [-0.39, 0.29) is 18.5 Å². The molecule has 0 spiro atoms. The Kier molecular flexibility index (Phi) is 5.18. The van der Waals surface area contributed by atoms with Crippen molar-refractivity contribution < 1.29 is 4.79 Å². The van der Waals surface area contributed by atoms with E-state index in [2.05, 4.69) is 31.7 Å². The lowest BCUT2D eigenvalue weighted by molar-refractivity contribution is -0.122. The second-order valence-corrected chi connectivity index (χ2v) is 7.46. The van der Waals surface area contributed by atoms with Gasteiger partial charge in [0.2, 0.25) is 5.91 Å². The van der Waals surface area contributed by atoms with Gasteiger partial charge in [0.15, 0.2) is 0 Å². The van der Waals surface area contributed by atoms with Gasteiger partial charge in [0.1, 0.15) is 12.9 Å². The molecule has 1 aliphatic carbocycles. The first-order valence-electron chi connectivity index (χ1n) is 9.69. The molecule has 1 aliphatic rings. The predicted molar refractivity (Wildman–Crippen MR) is 104 cm³/mol. The molecule has 0 unspecified atom stereocenters. The van der Waals surface area contributed by atoms with Gasteiger partial charge < -0.3 is 5.32 Å². The number of rotatable bonds is 5. The van der Waals surface area contributed by atoms with E-state index in [4.69, 9.17) is 0 Å². The van der Waals surface area contributed by atoms with Crippen LogP contribution in [0.1, 0.15) is 43.1 Å². The van der Waals surface area contributed by atoms with Crippen molar-refractivity contribution in [3.8, 4) is 11.3 Å². The van der Waals surface area contributed by atoms with E-state index >= 15 is 0 Å². The molecule has 8 nitrogen and oxygen atoms in total. The zero-order valence-corrected chi connectivity index (χ0v) is 16.2. The van der Waals surface area contributed by atoms with Crippen LogP contribution in [0.3, 0.4) is 0 Å². The number of amides is 1. The normalized spacial score (nSPS) is 19.5. The summed E-state index contributed by atoms with van der Waals surface area (Å²) in [6.07, 6.45) is 11.1.